The zero-order chi connectivity index (χ0) is 15.0. The lowest BCUT2D eigenvalue weighted by atomic mass is 10.3. The van der Waals surface area contributed by atoms with Crippen LogP contribution in [0.25, 0.3) is 0 Å². The Balaban J connectivity index is 2.62. The second-order valence-corrected chi connectivity index (χ2v) is 5.28. The summed E-state index contributed by atoms with van der Waals surface area (Å²) in [5.41, 5.74) is 5.77. The number of nitrogens with zero attached hydrogens (tertiary/aromatic N) is 1. The van der Waals surface area contributed by atoms with Crippen LogP contribution in [0, 0.1) is 0 Å². The minimum Gasteiger partial charge on any atom is -0.395 e. The van der Waals surface area contributed by atoms with E-state index < -0.39 is 5.91 Å². The van der Waals surface area contributed by atoms with Crippen molar-refractivity contribution in [3.63, 3.8) is 0 Å². The third-order valence-electron chi connectivity index (χ3n) is 2.43. The van der Waals surface area contributed by atoms with Gasteiger partial charge in [-0.1, -0.05) is 12.1 Å². The number of anilines is 1. The molecule has 7 heteroatoms. The average Bonchev–Trinajstić information content (AvgIpc) is 2.37. The number of para-hydroxylation sites is 1. The Morgan fingerprint density at radius 2 is 2.10 bits per heavy atom. The van der Waals surface area contributed by atoms with Crippen LogP contribution in [-0.4, -0.2) is 54.3 Å². The fraction of sp³-hybridized carbons (Fsp3) is 0.385. The highest BCUT2D eigenvalue weighted by molar-refractivity contribution is 8.00. The zero-order valence-electron chi connectivity index (χ0n) is 11.3. The summed E-state index contributed by atoms with van der Waals surface area (Å²) in [6.07, 6.45) is 0. The lowest BCUT2D eigenvalue weighted by Gasteiger charge is -2.15. The number of carbonyl (C=O) groups excluding carboxylic acids is 2. The Bertz CT molecular complexity index is 468. The van der Waals surface area contributed by atoms with Crippen molar-refractivity contribution in [1.82, 2.24) is 4.90 Å². The molecule has 0 aliphatic carbocycles. The maximum absolute atomic E-state index is 11.9. The van der Waals surface area contributed by atoms with Gasteiger partial charge in [0.15, 0.2) is 0 Å². The molecule has 0 aliphatic rings. The molecule has 0 unspecified atom stereocenters. The van der Waals surface area contributed by atoms with Crippen LogP contribution in [0.4, 0.5) is 5.69 Å². The SMILES string of the molecule is CN(CCO)CC(=O)Nc1ccccc1SCC(N)=O. The highest BCUT2D eigenvalue weighted by Crippen LogP contribution is 2.26. The van der Waals surface area contributed by atoms with Gasteiger partial charge in [-0.25, -0.2) is 0 Å². The summed E-state index contributed by atoms with van der Waals surface area (Å²) in [5.74, 6) is -0.413. The molecule has 0 saturated heterocycles. The number of rotatable bonds is 8. The number of likely N-dealkylation sites (N-methyl/N-ethyl adjacent to an activating group) is 1. The molecule has 1 aromatic carbocycles. The fourth-order valence-electron chi connectivity index (χ4n) is 1.53. The molecule has 4 N–H and O–H groups in total. The van der Waals surface area contributed by atoms with E-state index in [4.69, 9.17) is 10.8 Å². The number of hydrogen-bond acceptors (Lipinski definition) is 5. The van der Waals surface area contributed by atoms with Gasteiger partial charge in [0.2, 0.25) is 11.8 Å². The van der Waals surface area contributed by atoms with Crippen LogP contribution in [0.2, 0.25) is 0 Å². The van der Waals surface area contributed by atoms with Crippen LogP contribution < -0.4 is 11.1 Å². The van der Waals surface area contributed by atoms with Gasteiger partial charge in [0.05, 0.1) is 24.6 Å². The van der Waals surface area contributed by atoms with E-state index in [1.807, 2.05) is 12.1 Å². The Labute approximate surface area is 122 Å². The van der Waals surface area contributed by atoms with E-state index in [1.165, 1.54) is 11.8 Å². The molecular formula is C13H19N3O3S. The maximum Gasteiger partial charge on any atom is 0.238 e. The molecule has 2 amide bonds. The third-order valence-corrected chi connectivity index (χ3v) is 3.52. The number of hydrogen-bond donors (Lipinski definition) is 3. The Morgan fingerprint density at radius 3 is 2.75 bits per heavy atom. The van der Waals surface area contributed by atoms with Crippen molar-refractivity contribution < 1.29 is 14.7 Å². The van der Waals surface area contributed by atoms with E-state index in [2.05, 4.69) is 5.32 Å². The van der Waals surface area contributed by atoms with Crippen molar-refractivity contribution in [1.29, 1.82) is 0 Å². The average molecular weight is 297 g/mol. The Morgan fingerprint density at radius 1 is 1.40 bits per heavy atom. The molecule has 6 nitrogen and oxygen atoms in total. The van der Waals surface area contributed by atoms with Gasteiger partial charge in [0, 0.05) is 11.4 Å². The predicted molar refractivity (Wildman–Crippen MR) is 79.6 cm³/mol. The van der Waals surface area contributed by atoms with E-state index >= 15 is 0 Å². The molecule has 0 aromatic heterocycles. The van der Waals surface area contributed by atoms with Crippen molar-refractivity contribution in [2.24, 2.45) is 5.73 Å². The molecule has 0 radical (unpaired) electrons. The quantitative estimate of drug-likeness (QED) is 0.593. The van der Waals surface area contributed by atoms with Gasteiger partial charge in [0.1, 0.15) is 0 Å². The second-order valence-electron chi connectivity index (χ2n) is 4.26. The standard InChI is InChI=1S/C13H19N3O3S/c1-16(6-7-17)8-13(19)15-10-4-2-3-5-11(10)20-9-12(14)18/h2-5,17H,6-9H2,1H3,(H2,14,18)(H,15,19). The van der Waals surface area contributed by atoms with Crippen LogP contribution in [0.1, 0.15) is 0 Å². The summed E-state index contributed by atoms with van der Waals surface area (Å²) < 4.78 is 0. The number of amides is 2. The third kappa shape index (κ3) is 6.05. The first kappa shape index (κ1) is 16.5. The highest BCUT2D eigenvalue weighted by atomic mass is 32.2. The largest absolute Gasteiger partial charge is 0.395 e. The first-order valence-electron chi connectivity index (χ1n) is 6.12. The number of carbonyl (C=O) groups is 2. The van der Waals surface area contributed by atoms with Crippen LogP contribution in [-0.2, 0) is 9.59 Å². The lowest BCUT2D eigenvalue weighted by molar-refractivity contribution is -0.117. The van der Waals surface area contributed by atoms with Gasteiger partial charge in [0.25, 0.3) is 0 Å². The van der Waals surface area contributed by atoms with Crippen molar-refractivity contribution >= 4 is 29.3 Å². The molecule has 0 aliphatic heterocycles. The lowest BCUT2D eigenvalue weighted by Crippen LogP contribution is -2.32. The topological polar surface area (TPSA) is 95.7 Å². The summed E-state index contributed by atoms with van der Waals surface area (Å²) in [5, 5.41) is 11.6. The van der Waals surface area contributed by atoms with Gasteiger partial charge in [-0.2, -0.15) is 0 Å². The number of nitrogens with two attached hydrogens (primary N) is 1. The number of thioether (sulfide) groups is 1. The van der Waals surface area contributed by atoms with E-state index in [0.717, 1.165) is 4.90 Å². The number of nitrogens with one attached hydrogen (secondary N) is 1. The molecule has 110 valence electrons. The number of aliphatic hydroxyl groups is 1. The minimum atomic E-state index is -0.404. The molecule has 0 atom stereocenters. The molecule has 1 rings (SSSR count). The summed E-state index contributed by atoms with van der Waals surface area (Å²) in [6, 6.07) is 7.23. The zero-order valence-corrected chi connectivity index (χ0v) is 12.2. The molecule has 0 saturated carbocycles. The van der Waals surface area contributed by atoms with E-state index in [0.29, 0.717) is 12.2 Å². The monoisotopic (exact) mass is 297 g/mol. The van der Waals surface area contributed by atoms with Gasteiger partial charge < -0.3 is 16.2 Å². The molecule has 0 bridgehead atoms. The first-order chi connectivity index (χ1) is 9.52. The van der Waals surface area contributed by atoms with Gasteiger partial charge in [-0.3, -0.25) is 14.5 Å². The summed E-state index contributed by atoms with van der Waals surface area (Å²) in [6.45, 7) is 0.635. The van der Waals surface area contributed by atoms with Gasteiger partial charge >= 0.3 is 0 Å². The van der Waals surface area contributed by atoms with Crippen molar-refractivity contribution in [3.05, 3.63) is 24.3 Å². The number of benzene rings is 1. The summed E-state index contributed by atoms with van der Waals surface area (Å²) in [4.78, 5) is 25.2. The van der Waals surface area contributed by atoms with Crippen LogP contribution in [0.15, 0.2) is 29.2 Å². The predicted octanol–water partition coefficient (Wildman–Crippen LogP) is 0.127. The molecule has 1 aromatic rings. The highest BCUT2D eigenvalue weighted by Gasteiger charge is 2.10. The van der Waals surface area contributed by atoms with Crippen LogP contribution >= 0.6 is 11.8 Å². The minimum absolute atomic E-state index is 0.00876. The van der Waals surface area contributed by atoms with E-state index in [9.17, 15) is 9.59 Å². The van der Waals surface area contributed by atoms with E-state index in [1.54, 1.807) is 24.1 Å². The summed E-state index contributed by atoms with van der Waals surface area (Å²) >= 11 is 1.28. The summed E-state index contributed by atoms with van der Waals surface area (Å²) in [7, 11) is 1.75. The normalized spacial score (nSPS) is 10.6. The Kier molecular flexibility index (Phi) is 7.06. The van der Waals surface area contributed by atoms with E-state index in [-0.39, 0.29) is 24.8 Å². The van der Waals surface area contributed by atoms with Crippen molar-refractivity contribution in [3.8, 4) is 0 Å². The van der Waals surface area contributed by atoms with Gasteiger partial charge in [-0.15, -0.1) is 11.8 Å². The molecule has 0 fully saturated rings. The molecule has 20 heavy (non-hydrogen) atoms. The fourth-order valence-corrected chi connectivity index (χ4v) is 2.28. The smallest absolute Gasteiger partial charge is 0.238 e. The maximum atomic E-state index is 11.9. The molecule has 0 spiro atoms. The number of primary amides is 1. The number of aliphatic hydroxyl groups excluding tert-OH is 1. The second kappa shape index (κ2) is 8.57. The molecular weight excluding hydrogens is 278 g/mol. The van der Waals surface area contributed by atoms with Crippen LogP contribution in [0.5, 0.6) is 0 Å². The van der Waals surface area contributed by atoms with Crippen LogP contribution in [0.3, 0.4) is 0 Å². The van der Waals surface area contributed by atoms with Crippen molar-refractivity contribution in [2.75, 3.05) is 37.8 Å². The first-order valence-corrected chi connectivity index (χ1v) is 7.11. The van der Waals surface area contributed by atoms with Gasteiger partial charge in [-0.05, 0) is 19.2 Å². The molecule has 0 heterocycles. The van der Waals surface area contributed by atoms with Crippen molar-refractivity contribution in [2.45, 2.75) is 4.90 Å². The Hall–Kier alpha value is -1.57.